The Bertz CT molecular complexity index is 866. The van der Waals surface area contributed by atoms with Gasteiger partial charge in [-0.3, -0.25) is 9.69 Å². The first-order valence-electron chi connectivity index (χ1n) is 9.73. The Hall–Kier alpha value is -2.86. The lowest BCUT2D eigenvalue weighted by Crippen LogP contribution is -2.74. The third-order valence-electron chi connectivity index (χ3n) is 5.77. The summed E-state index contributed by atoms with van der Waals surface area (Å²) in [6.45, 7) is 0.619. The molecule has 6 nitrogen and oxygen atoms in total. The molecule has 1 aliphatic carbocycles. The van der Waals surface area contributed by atoms with E-state index in [-0.39, 0.29) is 18.6 Å². The maximum absolute atomic E-state index is 13.1. The number of nitrogens with zero attached hydrogens (tertiary/aromatic N) is 1. The van der Waals surface area contributed by atoms with Crippen molar-refractivity contribution in [1.29, 1.82) is 0 Å². The molecule has 1 aliphatic heterocycles. The van der Waals surface area contributed by atoms with Crippen LogP contribution in [0.15, 0.2) is 54.6 Å². The van der Waals surface area contributed by atoms with Crippen LogP contribution in [-0.2, 0) is 22.7 Å². The molecule has 2 aromatic carbocycles. The molecule has 0 aromatic heterocycles. The Labute approximate surface area is 164 Å². The zero-order chi connectivity index (χ0) is 19.6. The molecule has 1 heterocycles. The predicted octanol–water partition coefficient (Wildman–Crippen LogP) is 3.42. The van der Waals surface area contributed by atoms with Gasteiger partial charge >= 0.3 is 6.09 Å². The minimum atomic E-state index is -0.810. The van der Waals surface area contributed by atoms with Crippen molar-refractivity contribution in [3.63, 3.8) is 0 Å². The number of likely N-dealkylation sites (tertiary alicyclic amines) is 1. The Kier molecular flexibility index (Phi) is 5.05. The minimum absolute atomic E-state index is 0.0816. The van der Waals surface area contributed by atoms with Crippen LogP contribution in [0.25, 0.3) is 0 Å². The predicted molar refractivity (Wildman–Crippen MR) is 106 cm³/mol. The van der Waals surface area contributed by atoms with E-state index < -0.39 is 11.6 Å². The van der Waals surface area contributed by atoms with Gasteiger partial charge < -0.3 is 15.8 Å². The molecule has 2 fully saturated rings. The van der Waals surface area contributed by atoms with Crippen molar-refractivity contribution in [3.8, 4) is 0 Å². The highest BCUT2D eigenvalue weighted by Crippen LogP contribution is 2.48. The SMILES string of the molecule is NCc1cccc(NC(=O)[C@@]23CCC[C@H](C2)N3C(=O)OCc2ccccc2)c1. The molecule has 146 valence electrons. The number of benzene rings is 2. The highest BCUT2D eigenvalue weighted by Gasteiger charge is 2.61. The number of fused-ring (bicyclic) bond motifs is 2. The van der Waals surface area contributed by atoms with Crippen LogP contribution in [0.2, 0.25) is 0 Å². The van der Waals surface area contributed by atoms with Crippen molar-refractivity contribution in [1.82, 2.24) is 4.90 Å². The molecular formula is C22H25N3O3. The van der Waals surface area contributed by atoms with Crippen molar-refractivity contribution in [2.75, 3.05) is 5.32 Å². The Morgan fingerprint density at radius 3 is 2.68 bits per heavy atom. The molecule has 0 spiro atoms. The minimum Gasteiger partial charge on any atom is -0.445 e. The molecule has 0 unspecified atom stereocenters. The number of nitrogens with two attached hydrogens (primary N) is 1. The van der Waals surface area contributed by atoms with Gasteiger partial charge in [-0.05, 0) is 42.5 Å². The number of carbonyl (C=O) groups is 2. The fourth-order valence-corrected chi connectivity index (χ4v) is 4.35. The van der Waals surface area contributed by atoms with Crippen LogP contribution in [0.5, 0.6) is 0 Å². The average molecular weight is 379 g/mol. The fraction of sp³-hybridized carbons (Fsp3) is 0.364. The van der Waals surface area contributed by atoms with Crippen molar-refractivity contribution in [3.05, 3.63) is 65.7 Å². The smallest absolute Gasteiger partial charge is 0.411 e. The van der Waals surface area contributed by atoms with E-state index in [0.29, 0.717) is 25.1 Å². The molecule has 2 aliphatic rings. The Balaban J connectivity index is 1.46. The third-order valence-corrected chi connectivity index (χ3v) is 5.77. The number of hydrogen-bond acceptors (Lipinski definition) is 4. The molecular weight excluding hydrogens is 354 g/mol. The molecule has 3 N–H and O–H groups in total. The van der Waals surface area contributed by atoms with E-state index in [1.807, 2.05) is 54.6 Å². The summed E-state index contributed by atoms with van der Waals surface area (Å²) in [6, 6.07) is 17.1. The number of rotatable bonds is 5. The van der Waals surface area contributed by atoms with Crippen molar-refractivity contribution in [2.45, 2.75) is 50.4 Å². The van der Waals surface area contributed by atoms with Crippen LogP contribution in [-0.4, -0.2) is 28.5 Å². The van der Waals surface area contributed by atoms with Gasteiger partial charge in [0.2, 0.25) is 0 Å². The Morgan fingerprint density at radius 1 is 1.14 bits per heavy atom. The molecule has 1 saturated heterocycles. The standard InChI is InChI=1S/C22H25N3O3/c23-14-17-8-4-9-18(12-17)24-20(26)22-11-5-10-19(13-22)25(22)21(27)28-15-16-6-2-1-3-7-16/h1-4,6-9,12,19H,5,10-11,13-15,23H2,(H,24,26)/t19-,22-/m1/s1. The molecule has 6 heteroatoms. The largest absolute Gasteiger partial charge is 0.445 e. The fourth-order valence-electron chi connectivity index (χ4n) is 4.35. The van der Waals surface area contributed by atoms with Crippen molar-refractivity contribution in [2.24, 2.45) is 5.73 Å². The first kappa shape index (κ1) is 18.5. The first-order valence-corrected chi connectivity index (χ1v) is 9.73. The highest BCUT2D eigenvalue weighted by atomic mass is 16.6. The summed E-state index contributed by atoms with van der Waals surface area (Å²) in [5.74, 6) is -0.144. The van der Waals surface area contributed by atoms with E-state index in [1.54, 1.807) is 4.90 Å². The summed E-state index contributed by atoms with van der Waals surface area (Å²) in [4.78, 5) is 27.6. The van der Waals surface area contributed by atoms with Crippen molar-refractivity contribution < 1.29 is 14.3 Å². The van der Waals surface area contributed by atoms with E-state index in [0.717, 1.165) is 24.0 Å². The second-order valence-corrected chi connectivity index (χ2v) is 7.55. The zero-order valence-electron chi connectivity index (χ0n) is 15.8. The van der Waals surface area contributed by atoms with Crippen LogP contribution >= 0.6 is 0 Å². The summed E-state index contributed by atoms with van der Waals surface area (Å²) in [5.41, 5.74) is 7.46. The molecule has 2 atom stereocenters. The normalized spacial score (nSPS) is 22.9. The number of ether oxygens (including phenoxy) is 1. The summed E-state index contributed by atoms with van der Waals surface area (Å²) in [6.07, 6.45) is 2.79. The quantitative estimate of drug-likeness (QED) is 0.834. The molecule has 2 bridgehead atoms. The van der Waals surface area contributed by atoms with Gasteiger partial charge in [0.05, 0.1) is 0 Å². The number of piperidine rings is 1. The average Bonchev–Trinajstić information content (AvgIpc) is 2.73. The van der Waals surface area contributed by atoms with Crippen LogP contribution in [0, 0.1) is 0 Å². The van der Waals surface area contributed by atoms with E-state index in [9.17, 15) is 9.59 Å². The zero-order valence-corrected chi connectivity index (χ0v) is 15.8. The number of hydrogen-bond donors (Lipinski definition) is 2. The molecule has 4 rings (SSSR count). The van der Waals surface area contributed by atoms with Crippen LogP contribution in [0.3, 0.4) is 0 Å². The number of carbonyl (C=O) groups excluding carboxylic acids is 2. The van der Waals surface area contributed by atoms with Gasteiger partial charge in [-0.25, -0.2) is 4.79 Å². The van der Waals surface area contributed by atoms with Gasteiger partial charge in [0.1, 0.15) is 12.1 Å². The summed E-state index contributed by atoms with van der Waals surface area (Å²) < 4.78 is 5.52. The number of nitrogens with one attached hydrogen (secondary N) is 1. The lowest BCUT2D eigenvalue weighted by molar-refractivity contribution is -0.150. The summed E-state index contributed by atoms with van der Waals surface area (Å²) in [7, 11) is 0. The summed E-state index contributed by atoms with van der Waals surface area (Å²) in [5, 5.41) is 2.98. The number of anilines is 1. The van der Waals surface area contributed by atoms with Gasteiger partial charge in [0.15, 0.2) is 0 Å². The third kappa shape index (κ3) is 3.36. The molecule has 0 radical (unpaired) electrons. The summed E-state index contributed by atoms with van der Waals surface area (Å²) >= 11 is 0. The van der Waals surface area contributed by atoms with Gasteiger partial charge in [-0.2, -0.15) is 0 Å². The number of amides is 2. The van der Waals surface area contributed by atoms with E-state index in [2.05, 4.69) is 5.32 Å². The lowest BCUT2D eigenvalue weighted by atomic mass is 9.67. The molecule has 2 aromatic rings. The van der Waals surface area contributed by atoms with E-state index >= 15 is 0 Å². The van der Waals surface area contributed by atoms with E-state index in [1.165, 1.54) is 0 Å². The van der Waals surface area contributed by atoms with Gasteiger partial charge in [0, 0.05) is 24.7 Å². The van der Waals surface area contributed by atoms with Gasteiger partial charge in [-0.1, -0.05) is 42.5 Å². The second-order valence-electron chi connectivity index (χ2n) is 7.55. The van der Waals surface area contributed by atoms with E-state index in [4.69, 9.17) is 10.5 Å². The lowest BCUT2D eigenvalue weighted by Gasteiger charge is -2.59. The van der Waals surface area contributed by atoms with Gasteiger partial charge in [0.25, 0.3) is 5.91 Å². The van der Waals surface area contributed by atoms with Crippen LogP contribution < -0.4 is 11.1 Å². The highest BCUT2D eigenvalue weighted by molar-refractivity contribution is 6.01. The van der Waals surface area contributed by atoms with Gasteiger partial charge in [-0.15, -0.1) is 0 Å². The first-order chi connectivity index (χ1) is 13.6. The van der Waals surface area contributed by atoms with Crippen LogP contribution in [0.1, 0.15) is 36.8 Å². The van der Waals surface area contributed by atoms with Crippen LogP contribution in [0.4, 0.5) is 10.5 Å². The monoisotopic (exact) mass is 379 g/mol. The topological polar surface area (TPSA) is 84.7 Å². The maximum atomic E-state index is 13.1. The second kappa shape index (κ2) is 7.64. The van der Waals surface area contributed by atoms with Crippen molar-refractivity contribution >= 4 is 17.7 Å². The molecule has 2 amide bonds. The Morgan fingerprint density at radius 2 is 1.93 bits per heavy atom. The molecule has 1 saturated carbocycles. The maximum Gasteiger partial charge on any atom is 0.411 e. The molecule has 28 heavy (non-hydrogen) atoms.